The van der Waals surface area contributed by atoms with Gasteiger partial charge in [-0.05, 0) is 0 Å². The van der Waals surface area contributed by atoms with Gasteiger partial charge in [-0.15, -0.1) is 0 Å². The van der Waals surface area contributed by atoms with E-state index in [-0.39, 0.29) is 17.7 Å². The van der Waals surface area contributed by atoms with Crippen molar-refractivity contribution in [2.45, 2.75) is 13.1 Å². The van der Waals surface area contributed by atoms with E-state index in [1.54, 1.807) is 7.11 Å². The first-order chi connectivity index (χ1) is 17.2. The Hall–Kier alpha value is 1.24. The second-order valence-electron chi connectivity index (χ2n) is 7.92. The van der Waals surface area contributed by atoms with Crippen molar-refractivity contribution < 1.29 is 128 Å². The molecule has 1 aliphatic heterocycles. The average Bonchev–Trinajstić information content (AvgIpc) is 2.83. The zero-order chi connectivity index (χ0) is 26.3. The van der Waals surface area contributed by atoms with Crippen molar-refractivity contribution in [3.63, 3.8) is 0 Å². The molecule has 0 atom stereocenters. The molecule has 1 heterocycles. The van der Waals surface area contributed by atoms with E-state index in [1.165, 1.54) is 5.56 Å². The Kier molecular flexibility index (Phi) is 18.0. The molecule has 6 N–H and O–H groups in total. The van der Waals surface area contributed by atoms with Gasteiger partial charge in [-0.2, -0.15) is 0 Å². The van der Waals surface area contributed by atoms with Gasteiger partial charge >= 0.3 is 279 Å². The molecule has 0 saturated carbocycles. The minimum atomic E-state index is -0.796. The third-order valence-corrected chi connectivity index (χ3v) is 14.5. The molecule has 3 amide bonds. The van der Waals surface area contributed by atoms with Crippen LogP contribution in [0.2, 0.25) is 6.60 Å². The number of carbonyl (C=O) groups is 3. The minimum absolute atomic E-state index is 0.240. The van der Waals surface area contributed by atoms with Gasteiger partial charge in [0.05, 0.1) is 0 Å². The van der Waals surface area contributed by atoms with Crippen LogP contribution in [0.1, 0.15) is 5.56 Å². The van der Waals surface area contributed by atoms with Crippen molar-refractivity contribution in [1.82, 2.24) is 8.20 Å². The Bertz CT molecular complexity index is 818. The zero-order valence-electron chi connectivity index (χ0n) is 20.5. The van der Waals surface area contributed by atoms with E-state index >= 15 is 0 Å². The first-order valence-corrected chi connectivity index (χ1v) is 19.3. The van der Waals surface area contributed by atoms with Gasteiger partial charge in [0.25, 0.3) is 0 Å². The van der Waals surface area contributed by atoms with E-state index in [1.807, 2.05) is 12.1 Å². The van der Waals surface area contributed by atoms with E-state index in [0.29, 0.717) is 6.60 Å². The van der Waals surface area contributed by atoms with Crippen LogP contribution in [0.3, 0.4) is 0 Å². The summed E-state index contributed by atoms with van der Waals surface area (Å²) in [5, 5.41) is 0. The van der Waals surface area contributed by atoms with E-state index in [4.69, 9.17) is 21.9 Å². The molecule has 0 unspecified atom stereocenters. The number of primary amides is 3. The molecule has 1 saturated heterocycles. The number of hydrogen-bond donors (Lipinski definition) is 3. The maximum atomic E-state index is 11.5. The van der Waals surface area contributed by atoms with Gasteiger partial charge in [0.15, 0.2) is 0 Å². The second kappa shape index (κ2) is 19.3. The predicted octanol–water partition coefficient (Wildman–Crippen LogP) is -0.872. The van der Waals surface area contributed by atoms with Crippen molar-refractivity contribution in [1.29, 1.82) is 0 Å². The van der Waals surface area contributed by atoms with Crippen molar-refractivity contribution >= 4 is 17.7 Å². The molecule has 1 aromatic carbocycles. The number of methoxy groups -OCH3 is 1. The first-order valence-electron chi connectivity index (χ1n) is 11.4. The van der Waals surface area contributed by atoms with E-state index in [2.05, 4.69) is 20.3 Å². The number of nitrogens with zero attached hydrogens (tertiary/aromatic N) is 4. The number of hydrogen-bond acceptors (Lipinski definition) is 8. The summed E-state index contributed by atoms with van der Waals surface area (Å²) in [5.74, 6) is 0.112. The van der Waals surface area contributed by atoms with Gasteiger partial charge in [-0.3, -0.25) is 0 Å². The normalized spacial score (nSPS) is 18.0. The summed E-state index contributed by atoms with van der Waals surface area (Å²) in [6, 6.07) is 8.13. The molecule has 208 valence electrons. The molecule has 36 heavy (non-hydrogen) atoms. The Morgan fingerprint density at radius 2 is 1.17 bits per heavy atom. The van der Waals surface area contributed by atoms with Gasteiger partial charge in [-0.25, -0.2) is 0 Å². The molecule has 0 aromatic heterocycles. The van der Waals surface area contributed by atoms with Crippen molar-refractivity contribution in [3.05, 3.63) is 29.8 Å². The van der Waals surface area contributed by atoms with Crippen LogP contribution >= 0.6 is 0 Å². The van der Waals surface area contributed by atoms with Crippen molar-refractivity contribution in [3.8, 4) is 5.75 Å². The predicted molar refractivity (Wildman–Crippen MR) is 125 cm³/mol. The molecular weight excluding hydrogens is 898 g/mol. The van der Waals surface area contributed by atoms with Crippen molar-refractivity contribution in [2.75, 3.05) is 59.5 Å². The van der Waals surface area contributed by atoms with E-state index in [0.717, 1.165) is 64.7 Å². The van der Waals surface area contributed by atoms with Gasteiger partial charge in [0, 0.05) is 0 Å². The van der Waals surface area contributed by atoms with Crippen LogP contribution in [0.15, 0.2) is 24.3 Å². The summed E-state index contributed by atoms with van der Waals surface area (Å²) in [6.45, 7) is 7.69. The third kappa shape index (κ3) is 15.1. The molecule has 1 fully saturated rings. The van der Waals surface area contributed by atoms with Crippen molar-refractivity contribution in [2.24, 2.45) is 17.2 Å². The third-order valence-electron chi connectivity index (χ3n) is 5.01. The van der Waals surface area contributed by atoms with Crippen LogP contribution in [0.4, 0.5) is 0 Å². The summed E-state index contributed by atoms with van der Waals surface area (Å²) in [4.78, 5) is 36.9. The van der Waals surface area contributed by atoms with Crippen LogP contribution in [0.5, 0.6) is 5.75 Å². The SMILES string of the molecule is COc1cccc(CN2CC[N]([Gd][CH2]C(N)=O)CC[N]([Gd][CH2]C(N)=O)CC[N]([Gd][CH2]C(N)=O)CC2)c1. The number of benzene rings is 1. The first kappa shape index (κ1) is 33.5. The quantitative estimate of drug-likeness (QED) is 0.245. The summed E-state index contributed by atoms with van der Waals surface area (Å²) in [5.41, 5.74) is 17.6. The number of nitrogens with two attached hydrogens (primary N) is 3. The Morgan fingerprint density at radius 3 is 1.56 bits per heavy atom. The van der Waals surface area contributed by atoms with E-state index < -0.39 is 109 Å². The topological polar surface area (TPSA) is 151 Å². The summed E-state index contributed by atoms with van der Waals surface area (Å²) in [7, 11) is 1.67. The van der Waals surface area contributed by atoms with Gasteiger partial charge < -0.3 is 0 Å². The van der Waals surface area contributed by atoms with Crippen LogP contribution in [0.25, 0.3) is 0 Å². The fourth-order valence-corrected chi connectivity index (χ4v) is 9.39. The molecule has 0 radical (unpaired) electrons. The zero-order valence-corrected chi connectivity index (χ0v) is 27.3. The van der Waals surface area contributed by atoms with Crippen LogP contribution < -0.4 is 21.9 Å². The van der Waals surface area contributed by atoms with Gasteiger partial charge in [0.2, 0.25) is 0 Å². The summed E-state index contributed by atoms with van der Waals surface area (Å²) < 4.78 is 14.0. The molecule has 11 nitrogen and oxygen atoms in total. The summed E-state index contributed by atoms with van der Waals surface area (Å²) >= 11 is -2.39. The standard InChI is InChI=1S/C16H25N4O.3C2H4NO.3Gd/c1-21-16-4-2-3-15(13-16)14-20-11-9-18-7-5-17-6-8-19-10-12-20;3*1-2(3)4;;;/h2-4,13H,5-12,14H2,1H3;3*1H2,(H2,3,4);;;/q-3;;;;3*+1. The Morgan fingerprint density at radius 1 is 0.750 bits per heavy atom. The number of ether oxygens (including phenoxy) is 1. The van der Waals surface area contributed by atoms with Gasteiger partial charge in [-0.1, -0.05) is 0 Å². The molecule has 2 rings (SSSR count). The number of rotatable bonds is 12. The molecule has 0 aliphatic carbocycles. The second-order valence-corrected chi connectivity index (χ2v) is 16.8. The van der Waals surface area contributed by atoms with E-state index in [9.17, 15) is 14.4 Å². The Labute approximate surface area is 274 Å². The summed E-state index contributed by atoms with van der Waals surface area (Å²) in [6.07, 6.45) is 0. The molecule has 1 aliphatic rings. The maximum absolute atomic E-state index is 11.5. The molecular formula is C22H37Gd3N7O4. The molecule has 0 spiro atoms. The monoisotopic (exact) mass is 937 g/mol. The Balaban J connectivity index is 2.16. The fourth-order valence-electron chi connectivity index (χ4n) is 3.29. The molecule has 1 aromatic rings. The van der Waals surface area contributed by atoms with Crippen LogP contribution in [0, 0.1) is 109 Å². The van der Waals surface area contributed by atoms with Crippen LogP contribution in [-0.4, -0.2) is 85.4 Å². The molecule has 14 heteroatoms. The average molecular weight is 935 g/mol. The number of carbonyl (C=O) groups excluding carboxylic acids is 3. The molecule has 0 bridgehead atoms. The fraction of sp³-hybridized carbons (Fsp3) is 0.591. The number of amides is 3. The van der Waals surface area contributed by atoms with Crippen LogP contribution in [-0.2, 0) is 20.9 Å². The van der Waals surface area contributed by atoms with Gasteiger partial charge in [0.1, 0.15) is 0 Å².